The quantitative estimate of drug-likeness (QED) is 0.921. The fraction of sp³-hybridized carbons (Fsp3) is 0.278. The average Bonchev–Trinajstić information content (AvgIpc) is 2.58. The van der Waals surface area contributed by atoms with Gasteiger partial charge in [-0.25, -0.2) is 9.18 Å². The smallest absolute Gasteiger partial charge is 0.321 e. The number of rotatable bonds is 2. The van der Waals surface area contributed by atoms with Crippen molar-refractivity contribution in [3.63, 3.8) is 0 Å². The molecule has 0 unspecified atom stereocenters. The van der Waals surface area contributed by atoms with Crippen molar-refractivity contribution in [2.45, 2.75) is 6.92 Å². The number of nitrogens with one attached hydrogen (secondary N) is 1. The van der Waals surface area contributed by atoms with Gasteiger partial charge < -0.3 is 15.1 Å². The molecule has 120 valence electrons. The molecule has 1 saturated heterocycles. The largest absolute Gasteiger partial charge is 0.368 e. The van der Waals surface area contributed by atoms with Gasteiger partial charge in [0.05, 0.1) is 0 Å². The molecule has 0 aliphatic carbocycles. The number of benzene rings is 2. The summed E-state index contributed by atoms with van der Waals surface area (Å²) in [5.74, 6) is -0.310. The Hall–Kier alpha value is -2.56. The molecule has 0 radical (unpaired) electrons. The van der Waals surface area contributed by atoms with E-state index in [-0.39, 0.29) is 11.8 Å². The van der Waals surface area contributed by atoms with E-state index in [1.807, 2.05) is 0 Å². The van der Waals surface area contributed by atoms with Crippen molar-refractivity contribution in [2.75, 3.05) is 36.4 Å². The van der Waals surface area contributed by atoms with E-state index in [4.69, 9.17) is 0 Å². The van der Waals surface area contributed by atoms with Gasteiger partial charge in [-0.2, -0.15) is 0 Å². The van der Waals surface area contributed by atoms with Crippen LogP contribution in [-0.4, -0.2) is 37.1 Å². The second-order valence-electron chi connectivity index (χ2n) is 5.75. The summed E-state index contributed by atoms with van der Waals surface area (Å²) in [4.78, 5) is 16.3. The molecule has 23 heavy (non-hydrogen) atoms. The summed E-state index contributed by atoms with van der Waals surface area (Å²) in [7, 11) is 0. The molecule has 2 amide bonds. The number of piperazine rings is 1. The first-order chi connectivity index (χ1) is 11.1. The number of anilines is 2. The van der Waals surface area contributed by atoms with Gasteiger partial charge in [-0.05, 0) is 43.3 Å². The van der Waals surface area contributed by atoms with Crippen LogP contribution in [-0.2, 0) is 0 Å². The number of carbonyl (C=O) groups excluding carboxylic acids is 1. The Morgan fingerprint density at radius 1 is 0.957 bits per heavy atom. The summed E-state index contributed by atoms with van der Waals surface area (Å²) in [6.07, 6.45) is 0. The normalized spacial score (nSPS) is 14.7. The minimum atomic E-state index is -0.310. The highest BCUT2D eigenvalue weighted by atomic mass is 19.1. The monoisotopic (exact) mass is 313 g/mol. The predicted octanol–water partition coefficient (Wildman–Crippen LogP) is 3.49. The van der Waals surface area contributed by atoms with Crippen LogP contribution in [0.25, 0.3) is 0 Å². The molecule has 1 aliphatic heterocycles. The van der Waals surface area contributed by atoms with Crippen molar-refractivity contribution < 1.29 is 9.18 Å². The fourth-order valence-electron chi connectivity index (χ4n) is 2.66. The number of nitrogens with zero attached hydrogens (tertiary/aromatic N) is 2. The number of carbonyl (C=O) groups is 1. The van der Waals surface area contributed by atoms with Crippen LogP contribution in [0.1, 0.15) is 5.56 Å². The van der Waals surface area contributed by atoms with E-state index >= 15 is 0 Å². The zero-order valence-corrected chi connectivity index (χ0v) is 13.1. The zero-order chi connectivity index (χ0) is 16.2. The van der Waals surface area contributed by atoms with E-state index in [1.165, 1.54) is 23.4 Å². The second kappa shape index (κ2) is 6.69. The van der Waals surface area contributed by atoms with Gasteiger partial charge >= 0.3 is 6.03 Å². The Morgan fingerprint density at radius 2 is 1.57 bits per heavy atom. The first-order valence-electron chi connectivity index (χ1n) is 7.75. The molecule has 5 heteroatoms. The van der Waals surface area contributed by atoms with E-state index < -0.39 is 0 Å². The van der Waals surface area contributed by atoms with Gasteiger partial charge in [-0.1, -0.05) is 17.7 Å². The highest BCUT2D eigenvalue weighted by Crippen LogP contribution is 2.17. The maximum absolute atomic E-state index is 12.9. The van der Waals surface area contributed by atoms with E-state index in [9.17, 15) is 9.18 Å². The lowest BCUT2D eigenvalue weighted by atomic mass is 10.2. The van der Waals surface area contributed by atoms with Gasteiger partial charge in [-0.3, -0.25) is 0 Å². The third-order valence-electron chi connectivity index (χ3n) is 4.06. The molecule has 2 aromatic rings. The van der Waals surface area contributed by atoms with Crippen LogP contribution < -0.4 is 10.2 Å². The Balaban J connectivity index is 1.54. The van der Waals surface area contributed by atoms with Crippen molar-refractivity contribution in [3.8, 4) is 0 Å². The molecule has 1 fully saturated rings. The summed E-state index contributed by atoms with van der Waals surface area (Å²) in [6.45, 7) is 5.02. The van der Waals surface area contributed by atoms with Gasteiger partial charge in [0, 0.05) is 37.6 Å². The molecule has 1 heterocycles. The van der Waals surface area contributed by atoms with Crippen molar-refractivity contribution in [1.82, 2.24) is 4.90 Å². The Bertz CT molecular complexity index is 662. The van der Waals surface area contributed by atoms with E-state index in [2.05, 4.69) is 41.4 Å². The van der Waals surface area contributed by atoms with Crippen LogP contribution in [0.4, 0.5) is 20.6 Å². The molecule has 0 aromatic heterocycles. The molecule has 0 spiro atoms. The highest BCUT2D eigenvalue weighted by molar-refractivity contribution is 5.89. The zero-order valence-electron chi connectivity index (χ0n) is 13.1. The standard InChI is InChI=1S/C18H20FN3O/c1-14-2-8-17(9-3-14)21-10-12-22(13-11-21)18(23)20-16-6-4-15(19)5-7-16/h2-9H,10-13H2,1H3,(H,20,23). The van der Waals surface area contributed by atoms with Crippen LogP contribution in [0.15, 0.2) is 48.5 Å². The van der Waals surface area contributed by atoms with Crippen molar-refractivity contribution >= 4 is 17.4 Å². The molecule has 0 saturated carbocycles. The lowest BCUT2D eigenvalue weighted by Gasteiger charge is -2.36. The average molecular weight is 313 g/mol. The minimum absolute atomic E-state index is 0.139. The SMILES string of the molecule is Cc1ccc(N2CCN(C(=O)Nc3ccc(F)cc3)CC2)cc1. The van der Waals surface area contributed by atoms with Crippen LogP contribution in [0.2, 0.25) is 0 Å². The van der Waals surface area contributed by atoms with Crippen LogP contribution in [0, 0.1) is 12.7 Å². The Labute approximate surface area is 135 Å². The van der Waals surface area contributed by atoms with E-state index in [0.717, 1.165) is 13.1 Å². The lowest BCUT2D eigenvalue weighted by molar-refractivity contribution is 0.208. The number of halogens is 1. The fourth-order valence-corrected chi connectivity index (χ4v) is 2.66. The van der Waals surface area contributed by atoms with Crippen molar-refractivity contribution in [1.29, 1.82) is 0 Å². The summed E-state index contributed by atoms with van der Waals surface area (Å²) >= 11 is 0. The third-order valence-corrected chi connectivity index (χ3v) is 4.06. The molecule has 1 N–H and O–H groups in total. The van der Waals surface area contributed by atoms with Gasteiger partial charge in [0.15, 0.2) is 0 Å². The third kappa shape index (κ3) is 3.80. The van der Waals surface area contributed by atoms with Gasteiger partial charge in [-0.15, -0.1) is 0 Å². The Morgan fingerprint density at radius 3 is 2.17 bits per heavy atom. The topological polar surface area (TPSA) is 35.6 Å². The maximum atomic E-state index is 12.9. The number of urea groups is 1. The van der Waals surface area contributed by atoms with Gasteiger partial charge in [0.25, 0.3) is 0 Å². The molecule has 1 aliphatic rings. The first kappa shape index (κ1) is 15.3. The summed E-state index contributed by atoms with van der Waals surface area (Å²) in [5.41, 5.74) is 3.04. The van der Waals surface area contributed by atoms with E-state index in [1.54, 1.807) is 17.0 Å². The van der Waals surface area contributed by atoms with Gasteiger partial charge in [0.1, 0.15) is 5.82 Å². The maximum Gasteiger partial charge on any atom is 0.321 e. The molecule has 3 rings (SSSR count). The second-order valence-corrected chi connectivity index (χ2v) is 5.75. The minimum Gasteiger partial charge on any atom is -0.368 e. The lowest BCUT2D eigenvalue weighted by Crippen LogP contribution is -2.50. The van der Waals surface area contributed by atoms with Crippen molar-refractivity contribution in [2.24, 2.45) is 0 Å². The molecule has 2 aromatic carbocycles. The molecule has 0 atom stereocenters. The number of hydrogen-bond acceptors (Lipinski definition) is 2. The molecule has 4 nitrogen and oxygen atoms in total. The van der Waals surface area contributed by atoms with Gasteiger partial charge in [0.2, 0.25) is 0 Å². The summed E-state index contributed by atoms with van der Waals surface area (Å²) in [5, 5.41) is 2.80. The number of aryl methyl sites for hydroxylation is 1. The molecule has 0 bridgehead atoms. The van der Waals surface area contributed by atoms with Crippen molar-refractivity contribution in [3.05, 3.63) is 59.9 Å². The number of amides is 2. The van der Waals surface area contributed by atoms with Crippen LogP contribution >= 0.6 is 0 Å². The van der Waals surface area contributed by atoms with Crippen LogP contribution in [0.3, 0.4) is 0 Å². The summed E-state index contributed by atoms with van der Waals surface area (Å²) < 4.78 is 12.9. The van der Waals surface area contributed by atoms with Crippen LogP contribution in [0.5, 0.6) is 0 Å². The molecular weight excluding hydrogens is 293 g/mol. The Kier molecular flexibility index (Phi) is 4.46. The molecular formula is C18H20FN3O. The van der Waals surface area contributed by atoms with E-state index in [0.29, 0.717) is 18.8 Å². The summed E-state index contributed by atoms with van der Waals surface area (Å²) in [6, 6.07) is 14.1. The first-order valence-corrected chi connectivity index (χ1v) is 7.75. The highest BCUT2D eigenvalue weighted by Gasteiger charge is 2.21. The predicted molar refractivity (Wildman–Crippen MR) is 90.4 cm³/mol. The number of hydrogen-bond donors (Lipinski definition) is 1.